The van der Waals surface area contributed by atoms with Gasteiger partial charge >= 0.3 is 0 Å². The van der Waals surface area contributed by atoms with E-state index in [4.69, 9.17) is 11.6 Å². The lowest BCUT2D eigenvalue weighted by Gasteiger charge is -2.05. The number of benzene rings is 1. The first-order chi connectivity index (χ1) is 9.52. The second kappa shape index (κ2) is 6.32. The first-order valence-electron chi connectivity index (χ1n) is 5.98. The molecule has 0 aliphatic rings. The van der Waals surface area contributed by atoms with Crippen molar-refractivity contribution in [3.05, 3.63) is 50.8 Å². The molecule has 0 bridgehead atoms. The van der Waals surface area contributed by atoms with Gasteiger partial charge in [0.1, 0.15) is 0 Å². The SMILES string of the molecule is CCC(Br)c1cn(Cc2c(Cl)cccc2[N+](=O)[O-])nn1. The van der Waals surface area contributed by atoms with Crippen LogP contribution in [0.15, 0.2) is 24.4 Å². The van der Waals surface area contributed by atoms with E-state index in [2.05, 4.69) is 26.2 Å². The van der Waals surface area contributed by atoms with Crippen LogP contribution >= 0.6 is 27.5 Å². The number of alkyl halides is 1. The summed E-state index contributed by atoms with van der Waals surface area (Å²) in [5, 5.41) is 19.4. The molecular weight excluding hydrogens is 348 g/mol. The van der Waals surface area contributed by atoms with Gasteiger partial charge in [-0.1, -0.05) is 45.7 Å². The Morgan fingerprint density at radius 1 is 1.55 bits per heavy atom. The normalized spacial score (nSPS) is 12.3. The first-order valence-corrected chi connectivity index (χ1v) is 7.28. The number of rotatable bonds is 5. The predicted molar refractivity (Wildman–Crippen MR) is 79.2 cm³/mol. The summed E-state index contributed by atoms with van der Waals surface area (Å²) < 4.78 is 1.55. The topological polar surface area (TPSA) is 73.8 Å². The fourth-order valence-corrected chi connectivity index (χ4v) is 2.22. The van der Waals surface area contributed by atoms with Gasteiger partial charge in [-0.25, -0.2) is 4.68 Å². The van der Waals surface area contributed by atoms with Gasteiger partial charge in [0.25, 0.3) is 5.69 Å². The molecule has 1 aromatic heterocycles. The Bertz CT molecular complexity index is 632. The van der Waals surface area contributed by atoms with Gasteiger partial charge < -0.3 is 0 Å². The van der Waals surface area contributed by atoms with Gasteiger partial charge in [0.15, 0.2) is 0 Å². The van der Waals surface area contributed by atoms with Crippen molar-refractivity contribution in [2.24, 2.45) is 0 Å². The van der Waals surface area contributed by atoms with Crippen molar-refractivity contribution in [3.63, 3.8) is 0 Å². The van der Waals surface area contributed by atoms with Crippen molar-refractivity contribution in [1.29, 1.82) is 0 Å². The maximum atomic E-state index is 11.0. The van der Waals surface area contributed by atoms with E-state index in [1.165, 1.54) is 6.07 Å². The van der Waals surface area contributed by atoms with E-state index in [9.17, 15) is 10.1 Å². The molecule has 0 spiro atoms. The third kappa shape index (κ3) is 3.16. The lowest BCUT2D eigenvalue weighted by atomic mass is 10.2. The second-order valence-electron chi connectivity index (χ2n) is 4.21. The van der Waals surface area contributed by atoms with Crippen LogP contribution in [0.2, 0.25) is 5.02 Å². The molecule has 6 nitrogen and oxygen atoms in total. The molecule has 0 aliphatic heterocycles. The lowest BCUT2D eigenvalue weighted by molar-refractivity contribution is -0.385. The van der Waals surface area contributed by atoms with Crippen LogP contribution in [0.5, 0.6) is 0 Å². The molecule has 0 N–H and O–H groups in total. The standard InChI is InChI=1S/C12H12BrClN4O2/c1-2-9(13)11-7-17(16-15-11)6-8-10(14)4-3-5-12(8)18(19)20/h3-5,7,9H,2,6H2,1H3. The molecule has 1 aromatic carbocycles. The zero-order valence-corrected chi connectivity index (χ0v) is 13.0. The van der Waals surface area contributed by atoms with E-state index >= 15 is 0 Å². The zero-order valence-electron chi connectivity index (χ0n) is 10.7. The van der Waals surface area contributed by atoms with Crippen molar-refractivity contribution in [2.45, 2.75) is 24.7 Å². The summed E-state index contributed by atoms with van der Waals surface area (Å²) in [6, 6.07) is 4.61. The third-order valence-electron chi connectivity index (χ3n) is 2.85. The van der Waals surface area contributed by atoms with Gasteiger partial charge in [-0.3, -0.25) is 10.1 Å². The minimum Gasteiger partial charge on any atom is -0.258 e. The molecule has 0 fully saturated rings. The number of aromatic nitrogens is 3. The zero-order chi connectivity index (χ0) is 14.7. The Morgan fingerprint density at radius 3 is 2.95 bits per heavy atom. The van der Waals surface area contributed by atoms with Crippen molar-refractivity contribution in [2.75, 3.05) is 0 Å². The Balaban J connectivity index is 2.30. The largest absolute Gasteiger partial charge is 0.275 e. The number of hydrogen-bond acceptors (Lipinski definition) is 4. The molecule has 8 heteroatoms. The molecule has 1 unspecified atom stereocenters. The molecule has 2 aromatic rings. The van der Waals surface area contributed by atoms with Crippen molar-refractivity contribution >= 4 is 33.2 Å². The van der Waals surface area contributed by atoms with Crippen LogP contribution < -0.4 is 0 Å². The highest BCUT2D eigenvalue weighted by Gasteiger charge is 2.18. The monoisotopic (exact) mass is 358 g/mol. The van der Waals surface area contributed by atoms with Crippen molar-refractivity contribution < 1.29 is 4.92 Å². The van der Waals surface area contributed by atoms with Crippen LogP contribution in [0.3, 0.4) is 0 Å². The number of nitro groups is 1. The van der Waals surface area contributed by atoms with Gasteiger partial charge in [-0.05, 0) is 12.5 Å². The molecule has 0 aliphatic carbocycles. The average Bonchev–Trinajstić information content (AvgIpc) is 2.88. The van der Waals surface area contributed by atoms with E-state index in [0.717, 1.165) is 12.1 Å². The Hall–Kier alpha value is -1.47. The van der Waals surface area contributed by atoms with Crippen LogP contribution in [0, 0.1) is 10.1 Å². The van der Waals surface area contributed by atoms with Crippen LogP contribution in [-0.2, 0) is 6.54 Å². The highest BCUT2D eigenvalue weighted by atomic mass is 79.9. The summed E-state index contributed by atoms with van der Waals surface area (Å²) in [5.41, 5.74) is 1.21. The molecule has 0 saturated heterocycles. The minimum absolute atomic E-state index is 0.0135. The summed E-state index contributed by atoms with van der Waals surface area (Å²) in [6.07, 6.45) is 2.64. The molecular formula is C12H12BrClN4O2. The Kier molecular flexibility index (Phi) is 4.72. The van der Waals surface area contributed by atoms with E-state index in [-0.39, 0.29) is 17.1 Å². The number of halogens is 2. The fraction of sp³-hybridized carbons (Fsp3) is 0.333. The Morgan fingerprint density at radius 2 is 2.30 bits per heavy atom. The van der Waals surface area contributed by atoms with Gasteiger partial charge in [0, 0.05) is 12.3 Å². The molecule has 2 rings (SSSR count). The van der Waals surface area contributed by atoms with Gasteiger partial charge in [-0.2, -0.15) is 0 Å². The molecule has 20 heavy (non-hydrogen) atoms. The van der Waals surface area contributed by atoms with E-state index in [1.807, 2.05) is 6.92 Å². The molecule has 0 saturated carbocycles. The molecule has 0 amide bonds. The first kappa shape index (κ1) is 14.9. The summed E-state index contributed by atoms with van der Waals surface area (Å²) in [5.74, 6) is 0. The lowest BCUT2D eigenvalue weighted by Crippen LogP contribution is -2.04. The number of nitrogens with zero attached hydrogens (tertiary/aromatic N) is 4. The number of hydrogen-bond donors (Lipinski definition) is 0. The minimum atomic E-state index is -0.446. The second-order valence-corrected chi connectivity index (χ2v) is 5.72. The fourth-order valence-electron chi connectivity index (χ4n) is 1.78. The van der Waals surface area contributed by atoms with Crippen LogP contribution in [0.4, 0.5) is 5.69 Å². The average molecular weight is 360 g/mol. The van der Waals surface area contributed by atoms with E-state index < -0.39 is 4.92 Å². The molecule has 1 atom stereocenters. The number of nitro benzene ring substituents is 1. The molecule has 1 heterocycles. The van der Waals surface area contributed by atoms with Gasteiger partial charge in [0.05, 0.1) is 32.6 Å². The highest BCUT2D eigenvalue weighted by molar-refractivity contribution is 9.09. The highest BCUT2D eigenvalue weighted by Crippen LogP contribution is 2.28. The Labute approximate surface area is 129 Å². The van der Waals surface area contributed by atoms with Crippen LogP contribution in [0.25, 0.3) is 0 Å². The van der Waals surface area contributed by atoms with Gasteiger partial charge in [-0.15, -0.1) is 5.10 Å². The maximum absolute atomic E-state index is 11.0. The summed E-state index contributed by atoms with van der Waals surface area (Å²) in [6.45, 7) is 2.24. The third-order valence-corrected chi connectivity index (χ3v) is 4.32. The van der Waals surface area contributed by atoms with E-state index in [1.54, 1.807) is 23.0 Å². The summed E-state index contributed by atoms with van der Waals surface area (Å²) in [4.78, 5) is 10.7. The summed E-state index contributed by atoms with van der Waals surface area (Å²) >= 11 is 9.53. The van der Waals surface area contributed by atoms with Crippen LogP contribution in [0.1, 0.15) is 29.4 Å². The van der Waals surface area contributed by atoms with Crippen molar-refractivity contribution in [1.82, 2.24) is 15.0 Å². The predicted octanol–water partition coefficient (Wildman–Crippen LogP) is 3.73. The van der Waals surface area contributed by atoms with E-state index in [0.29, 0.717) is 10.6 Å². The van der Waals surface area contributed by atoms with Gasteiger partial charge in [0.2, 0.25) is 0 Å². The van der Waals surface area contributed by atoms with Crippen molar-refractivity contribution in [3.8, 4) is 0 Å². The van der Waals surface area contributed by atoms with Crippen LogP contribution in [-0.4, -0.2) is 19.9 Å². The molecule has 0 radical (unpaired) electrons. The smallest absolute Gasteiger partial charge is 0.258 e. The quantitative estimate of drug-likeness (QED) is 0.463. The molecule has 106 valence electrons. The maximum Gasteiger partial charge on any atom is 0.275 e. The summed E-state index contributed by atoms with van der Waals surface area (Å²) in [7, 11) is 0.